The van der Waals surface area contributed by atoms with Gasteiger partial charge >= 0.3 is 0 Å². The van der Waals surface area contributed by atoms with Crippen molar-refractivity contribution in [3.05, 3.63) is 21.5 Å². The maximum Gasteiger partial charge on any atom is 0.101 e. The number of nitrogens with zero attached hydrogens (tertiary/aromatic N) is 2. The fraction of sp³-hybridized carbons (Fsp3) is 0.500. The normalized spacial score (nSPS) is 31.9. The Bertz CT molecular complexity index is 507. The maximum absolute atomic E-state index is 10.00. The Labute approximate surface area is 110 Å². The van der Waals surface area contributed by atoms with Gasteiger partial charge in [0.05, 0.1) is 20.0 Å². The molecule has 0 aromatic carbocycles. The first-order valence-electron chi connectivity index (χ1n) is 5.75. The largest absolute Gasteiger partial charge is 0.390 e. The number of hydrogen-bond donors (Lipinski definition) is 2. The molecule has 1 aliphatic heterocycles. The fourth-order valence-corrected chi connectivity index (χ4v) is 5.09. The quantitative estimate of drug-likeness (QED) is 0.753. The summed E-state index contributed by atoms with van der Waals surface area (Å²) in [5.41, 5.74) is 2.27. The highest BCUT2D eigenvalue weighted by Gasteiger charge is 2.35. The number of aliphatic hydroxyl groups is 2. The molecule has 0 spiro atoms. The van der Waals surface area contributed by atoms with Crippen molar-refractivity contribution in [1.82, 2.24) is 4.57 Å². The molecule has 5 heteroatoms. The summed E-state index contributed by atoms with van der Waals surface area (Å²) in [6.07, 6.45) is 2.37. The van der Waals surface area contributed by atoms with Crippen molar-refractivity contribution in [3.8, 4) is 0 Å². The van der Waals surface area contributed by atoms with E-state index in [1.165, 1.54) is 9.26 Å². The van der Waals surface area contributed by atoms with Crippen molar-refractivity contribution in [1.29, 1.82) is 0 Å². The van der Waals surface area contributed by atoms with Gasteiger partial charge in [-0.15, -0.1) is 0 Å². The summed E-state index contributed by atoms with van der Waals surface area (Å²) in [6.45, 7) is 2.02. The number of fused-ring (bicyclic) bond motifs is 1. The van der Waals surface area contributed by atoms with Gasteiger partial charge in [0.2, 0.25) is 0 Å². The van der Waals surface area contributed by atoms with Crippen molar-refractivity contribution in [2.24, 2.45) is 4.99 Å². The zero-order valence-corrected chi connectivity index (χ0v) is 11.7. The fourth-order valence-electron chi connectivity index (χ4n) is 2.53. The second-order valence-electron chi connectivity index (χ2n) is 4.55. The van der Waals surface area contributed by atoms with Crippen LogP contribution in [0.15, 0.2) is 17.3 Å². The Morgan fingerprint density at radius 1 is 1.41 bits per heavy atom. The minimum absolute atomic E-state index is 0.0350. The molecule has 1 fully saturated rings. The lowest BCUT2D eigenvalue weighted by atomic mass is 10.2. The summed E-state index contributed by atoms with van der Waals surface area (Å²) in [4.78, 5) is 4.36. The molecule has 3 unspecified atom stereocenters. The summed E-state index contributed by atoms with van der Waals surface area (Å²) >= 11 is -0.211. The molecule has 4 nitrogen and oxygen atoms in total. The van der Waals surface area contributed by atoms with Crippen molar-refractivity contribution in [2.45, 2.75) is 38.0 Å². The van der Waals surface area contributed by atoms with Gasteiger partial charge in [0.25, 0.3) is 0 Å². The lowest BCUT2D eigenvalue weighted by molar-refractivity contribution is 0.0231. The van der Waals surface area contributed by atoms with Gasteiger partial charge in [-0.25, -0.2) is 0 Å². The van der Waals surface area contributed by atoms with Crippen molar-refractivity contribution >= 4 is 30.6 Å². The van der Waals surface area contributed by atoms with E-state index in [1.807, 2.05) is 17.3 Å². The lowest BCUT2D eigenvalue weighted by Gasteiger charge is -2.20. The molecule has 0 amide bonds. The Kier molecular flexibility index (Phi) is 2.92. The number of aliphatic hydroxyl groups excluding tert-OH is 2. The third kappa shape index (κ3) is 1.80. The van der Waals surface area contributed by atoms with Gasteiger partial charge in [-0.1, -0.05) is 0 Å². The van der Waals surface area contributed by atoms with Gasteiger partial charge in [0, 0.05) is 17.5 Å². The van der Waals surface area contributed by atoms with Crippen molar-refractivity contribution in [3.63, 3.8) is 0 Å². The summed E-state index contributed by atoms with van der Waals surface area (Å²) in [7, 11) is 0. The van der Waals surface area contributed by atoms with Crippen LogP contribution in [-0.2, 0) is 0 Å². The number of aromatic nitrogens is 1. The third-order valence-corrected chi connectivity index (χ3v) is 5.82. The monoisotopic (exact) mass is 346 g/mol. The minimum Gasteiger partial charge on any atom is -0.390 e. The van der Waals surface area contributed by atoms with E-state index in [1.54, 1.807) is 0 Å². The van der Waals surface area contributed by atoms with E-state index in [9.17, 15) is 10.2 Å². The van der Waals surface area contributed by atoms with Crippen LogP contribution in [0.3, 0.4) is 0 Å². The maximum atomic E-state index is 10.00. The van der Waals surface area contributed by atoms with Crippen LogP contribution in [0.4, 0.5) is 0 Å². The van der Waals surface area contributed by atoms with Gasteiger partial charge in [0.15, 0.2) is 0 Å². The van der Waals surface area contributed by atoms with Crippen LogP contribution in [0.5, 0.6) is 0 Å². The van der Waals surface area contributed by atoms with E-state index < -0.39 is 12.2 Å². The molecule has 1 saturated carbocycles. The first-order chi connectivity index (χ1) is 8.18. The highest BCUT2D eigenvalue weighted by Crippen LogP contribution is 2.35. The van der Waals surface area contributed by atoms with Crippen LogP contribution < -0.4 is 0 Å². The molecule has 2 N–H and O–H groups in total. The molecule has 0 bridgehead atoms. The smallest absolute Gasteiger partial charge is 0.101 e. The van der Waals surface area contributed by atoms with E-state index in [-0.39, 0.29) is 26.8 Å². The van der Waals surface area contributed by atoms with E-state index in [0.29, 0.717) is 6.42 Å². The summed E-state index contributed by atoms with van der Waals surface area (Å²) in [5, 5.41) is 19.6. The van der Waals surface area contributed by atoms with Crippen LogP contribution in [0.2, 0.25) is 0 Å². The van der Waals surface area contributed by atoms with Gasteiger partial charge < -0.3 is 14.8 Å². The highest BCUT2D eigenvalue weighted by atomic mass is 127. The summed E-state index contributed by atoms with van der Waals surface area (Å²) in [5.74, 6) is 0. The average molecular weight is 346 g/mol. The molecule has 3 atom stereocenters. The van der Waals surface area contributed by atoms with Gasteiger partial charge in [-0.2, -0.15) is 0 Å². The van der Waals surface area contributed by atoms with Crippen molar-refractivity contribution < 1.29 is 10.2 Å². The van der Waals surface area contributed by atoms with Gasteiger partial charge in [-0.3, -0.25) is 4.99 Å². The molecule has 1 aromatic heterocycles. The SMILES string of the molecule is CC1=NC=Ic2c1ccn2C1CCC(O)C1O. The molecule has 1 aliphatic carbocycles. The van der Waals surface area contributed by atoms with E-state index in [4.69, 9.17) is 0 Å². The predicted molar refractivity (Wildman–Crippen MR) is 75.7 cm³/mol. The minimum atomic E-state index is -0.630. The Hall–Kier alpha value is -0.530. The van der Waals surface area contributed by atoms with E-state index in [2.05, 4.69) is 15.6 Å². The summed E-state index contributed by atoms with van der Waals surface area (Å²) in [6, 6.07) is 2.12. The highest BCUT2D eigenvalue weighted by molar-refractivity contribution is 14.2. The predicted octanol–water partition coefficient (Wildman–Crippen LogP) is 1.27. The van der Waals surface area contributed by atoms with E-state index in [0.717, 1.165) is 12.1 Å². The molecular formula is C12H15IN2O2. The second-order valence-corrected chi connectivity index (χ2v) is 6.75. The average Bonchev–Trinajstić information content (AvgIpc) is 2.86. The van der Waals surface area contributed by atoms with Crippen LogP contribution in [0, 0.1) is 3.70 Å². The number of rotatable bonds is 1. The van der Waals surface area contributed by atoms with Crippen LogP contribution in [0.25, 0.3) is 0 Å². The molecule has 0 saturated heterocycles. The lowest BCUT2D eigenvalue weighted by Crippen LogP contribution is -2.27. The molecular weight excluding hydrogens is 331 g/mol. The van der Waals surface area contributed by atoms with Crippen LogP contribution >= 0.6 is 20.7 Å². The second kappa shape index (κ2) is 4.29. The molecule has 2 aliphatic rings. The van der Waals surface area contributed by atoms with Crippen molar-refractivity contribution in [2.75, 3.05) is 0 Å². The van der Waals surface area contributed by atoms with Crippen LogP contribution in [0.1, 0.15) is 31.4 Å². The Balaban J connectivity index is 2.01. The molecule has 0 radical (unpaired) electrons. The molecule has 17 heavy (non-hydrogen) atoms. The van der Waals surface area contributed by atoms with Gasteiger partial charge in [0.1, 0.15) is 6.10 Å². The van der Waals surface area contributed by atoms with Crippen LogP contribution in [-0.4, -0.2) is 36.8 Å². The number of hydrogen-bond acceptors (Lipinski definition) is 3. The zero-order valence-electron chi connectivity index (χ0n) is 9.55. The van der Waals surface area contributed by atoms with Gasteiger partial charge in [-0.05, 0) is 46.6 Å². The molecule has 1 aromatic rings. The Morgan fingerprint density at radius 3 is 2.94 bits per heavy atom. The third-order valence-electron chi connectivity index (χ3n) is 3.54. The first kappa shape index (κ1) is 11.6. The first-order valence-corrected chi connectivity index (χ1v) is 8.07. The topological polar surface area (TPSA) is 57.8 Å². The number of aliphatic imine (C=N–C) groups is 1. The number of halogens is 1. The standard InChI is InChI=1S/C12H15IN2O2/c1-7-8-4-5-15(12(8)13-6-14-7)9-2-3-10(16)11(9)17/h4-6,9-11,16-17H,2-3H2,1H3. The van der Waals surface area contributed by atoms with E-state index >= 15 is 0 Å². The molecule has 92 valence electrons. The summed E-state index contributed by atoms with van der Waals surface area (Å²) < 4.78 is 5.50. The Morgan fingerprint density at radius 2 is 2.24 bits per heavy atom. The molecule has 2 heterocycles. The zero-order chi connectivity index (χ0) is 12.0. The molecule has 3 rings (SSSR count).